The summed E-state index contributed by atoms with van der Waals surface area (Å²) in [4.78, 5) is 12.0. The minimum Gasteiger partial charge on any atom is -0.497 e. The lowest BCUT2D eigenvalue weighted by atomic mass is 10.2. The Kier molecular flexibility index (Phi) is 7.03. The predicted molar refractivity (Wildman–Crippen MR) is 105 cm³/mol. The summed E-state index contributed by atoms with van der Waals surface area (Å²) in [6, 6.07) is 13.0. The Hall–Kier alpha value is -2.31. The number of carbonyl (C=O) groups is 1. The molecule has 0 aliphatic heterocycles. The van der Waals surface area contributed by atoms with Crippen molar-refractivity contribution in [2.45, 2.75) is 13.5 Å². The zero-order valence-electron chi connectivity index (χ0n) is 14.1. The van der Waals surface area contributed by atoms with Gasteiger partial charge in [0.1, 0.15) is 5.75 Å². The van der Waals surface area contributed by atoms with E-state index in [0.29, 0.717) is 22.4 Å². The first-order chi connectivity index (χ1) is 12.0. The van der Waals surface area contributed by atoms with Gasteiger partial charge in [0.25, 0.3) is 0 Å². The molecule has 3 N–H and O–H groups in total. The molecule has 2 rings (SSSR count). The van der Waals surface area contributed by atoms with Crippen molar-refractivity contribution in [1.82, 2.24) is 10.6 Å². The quantitative estimate of drug-likeness (QED) is 0.674. The number of methoxy groups -OCH3 is 1. The van der Waals surface area contributed by atoms with Gasteiger partial charge in [-0.15, -0.1) is 0 Å². The molecule has 0 aliphatic rings. The zero-order valence-corrected chi connectivity index (χ0v) is 15.6. The van der Waals surface area contributed by atoms with Crippen molar-refractivity contribution in [3.8, 4) is 5.75 Å². The first kappa shape index (κ1) is 19.0. The zero-order chi connectivity index (χ0) is 18.2. The topological polar surface area (TPSA) is 62.4 Å². The molecule has 0 unspecified atom stereocenters. The van der Waals surface area contributed by atoms with Crippen molar-refractivity contribution < 1.29 is 9.53 Å². The fourth-order valence-electron chi connectivity index (χ4n) is 2.09. The summed E-state index contributed by atoms with van der Waals surface area (Å²) < 4.78 is 5.11. The molecule has 0 aliphatic carbocycles. The van der Waals surface area contributed by atoms with Gasteiger partial charge in [0.15, 0.2) is 5.11 Å². The molecular weight excluding hydrogens is 358 g/mol. The molecule has 2 aromatic carbocycles. The molecule has 0 saturated heterocycles. The summed E-state index contributed by atoms with van der Waals surface area (Å²) in [5, 5.41) is 9.76. The normalized spacial score (nSPS) is 10.0. The van der Waals surface area contributed by atoms with Crippen LogP contribution in [0.2, 0.25) is 5.02 Å². The van der Waals surface area contributed by atoms with Crippen LogP contribution in [0.3, 0.4) is 0 Å². The van der Waals surface area contributed by atoms with E-state index in [1.807, 2.05) is 31.2 Å². The highest BCUT2D eigenvalue weighted by atomic mass is 35.5. The van der Waals surface area contributed by atoms with Crippen LogP contribution in [0.15, 0.2) is 42.5 Å². The van der Waals surface area contributed by atoms with Crippen LogP contribution in [0.1, 0.15) is 11.1 Å². The van der Waals surface area contributed by atoms with Crippen LogP contribution < -0.4 is 20.7 Å². The Bertz CT molecular complexity index is 750. The second kappa shape index (κ2) is 9.25. The number of carbonyl (C=O) groups excluding carboxylic acids is 1. The highest BCUT2D eigenvalue weighted by Gasteiger charge is 2.07. The third kappa shape index (κ3) is 5.92. The van der Waals surface area contributed by atoms with E-state index in [2.05, 4.69) is 16.0 Å². The number of ether oxygens (including phenoxy) is 1. The molecule has 132 valence electrons. The highest BCUT2D eigenvalue weighted by molar-refractivity contribution is 7.80. The van der Waals surface area contributed by atoms with Crippen LogP contribution in [-0.4, -0.2) is 24.7 Å². The van der Waals surface area contributed by atoms with Gasteiger partial charge in [-0.1, -0.05) is 29.8 Å². The number of halogens is 1. The fourth-order valence-corrected chi connectivity index (χ4v) is 2.40. The monoisotopic (exact) mass is 377 g/mol. The molecule has 0 bridgehead atoms. The molecule has 5 nitrogen and oxygen atoms in total. The van der Waals surface area contributed by atoms with Crippen LogP contribution in [0, 0.1) is 6.92 Å². The summed E-state index contributed by atoms with van der Waals surface area (Å²) in [6.45, 7) is 2.48. The van der Waals surface area contributed by atoms with E-state index in [0.717, 1.165) is 16.9 Å². The van der Waals surface area contributed by atoms with Gasteiger partial charge in [-0.3, -0.25) is 4.79 Å². The van der Waals surface area contributed by atoms with Crippen LogP contribution >= 0.6 is 23.8 Å². The third-order valence-electron chi connectivity index (χ3n) is 3.56. The second-order valence-corrected chi connectivity index (χ2v) is 6.16. The van der Waals surface area contributed by atoms with Crippen LogP contribution in [0.5, 0.6) is 5.75 Å². The first-order valence-electron chi connectivity index (χ1n) is 7.69. The van der Waals surface area contributed by atoms with Gasteiger partial charge in [0.05, 0.1) is 13.7 Å². The lowest BCUT2D eigenvalue weighted by Crippen LogP contribution is -2.39. The number of hydrogen-bond donors (Lipinski definition) is 3. The third-order valence-corrected chi connectivity index (χ3v) is 4.26. The SMILES string of the molecule is COc1ccc(CNC(=S)NCC(=O)Nc2cccc(Cl)c2C)cc1. The average Bonchev–Trinajstić information content (AvgIpc) is 2.62. The maximum absolute atomic E-state index is 12.0. The Labute approximate surface area is 157 Å². The summed E-state index contributed by atoms with van der Waals surface area (Å²) in [5.41, 5.74) is 2.58. The molecule has 0 spiro atoms. The molecule has 2 aromatic rings. The lowest BCUT2D eigenvalue weighted by molar-refractivity contribution is -0.115. The van der Waals surface area contributed by atoms with E-state index in [9.17, 15) is 4.79 Å². The maximum atomic E-state index is 12.0. The van der Waals surface area contributed by atoms with Gasteiger partial charge in [0, 0.05) is 17.3 Å². The molecule has 7 heteroatoms. The van der Waals surface area contributed by atoms with Crippen molar-refractivity contribution in [3.63, 3.8) is 0 Å². The van der Waals surface area contributed by atoms with Crippen LogP contribution in [-0.2, 0) is 11.3 Å². The Morgan fingerprint density at radius 3 is 2.56 bits per heavy atom. The molecule has 0 atom stereocenters. The summed E-state index contributed by atoms with van der Waals surface area (Å²) in [7, 11) is 1.63. The van der Waals surface area contributed by atoms with E-state index in [1.165, 1.54) is 0 Å². The summed E-state index contributed by atoms with van der Waals surface area (Å²) >= 11 is 11.2. The van der Waals surface area contributed by atoms with E-state index < -0.39 is 0 Å². The summed E-state index contributed by atoms with van der Waals surface area (Å²) in [6.07, 6.45) is 0. The number of amides is 1. The Morgan fingerprint density at radius 2 is 1.88 bits per heavy atom. The molecular formula is C18H20ClN3O2S. The largest absolute Gasteiger partial charge is 0.497 e. The molecule has 0 aromatic heterocycles. The van der Waals surface area contributed by atoms with E-state index in [1.54, 1.807) is 25.3 Å². The summed E-state index contributed by atoms with van der Waals surface area (Å²) in [5.74, 6) is 0.608. The van der Waals surface area contributed by atoms with E-state index in [4.69, 9.17) is 28.6 Å². The van der Waals surface area contributed by atoms with Gasteiger partial charge in [0.2, 0.25) is 5.91 Å². The minimum atomic E-state index is -0.195. The average molecular weight is 378 g/mol. The molecule has 1 amide bonds. The van der Waals surface area contributed by atoms with Crippen molar-refractivity contribution in [2.24, 2.45) is 0 Å². The van der Waals surface area contributed by atoms with E-state index >= 15 is 0 Å². The van der Waals surface area contributed by atoms with Crippen molar-refractivity contribution in [3.05, 3.63) is 58.6 Å². The Morgan fingerprint density at radius 1 is 1.16 bits per heavy atom. The van der Waals surface area contributed by atoms with Gasteiger partial charge in [-0.05, 0) is 54.5 Å². The van der Waals surface area contributed by atoms with Crippen LogP contribution in [0.25, 0.3) is 0 Å². The highest BCUT2D eigenvalue weighted by Crippen LogP contribution is 2.22. The number of rotatable bonds is 6. The molecule has 0 radical (unpaired) electrons. The van der Waals surface area contributed by atoms with Crippen molar-refractivity contribution in [1.29, 1.82) is 0 Å². The fraction of sp³-hybridized carbons (Fsp3) is 0.222. The Balaban J connectivity index is 1.75. The van der Waals surface area contributed by atoms with E-state index in [-0.39, 0.29) is 12.5 Å². The molecule has 0 fully saturated rings. The predicted octanol–water partition coefficient (Wildman–Crippen LogP) is 3.26. The molecule has 0 saturated carbocycles. The van der Waals surface area contributed by atoms with Crippen LogP contribution in [0.4, 0.5) is 5.69 Å². The van der Waals surface area contributed by atoms with Crippen molar-refractivity contribution in [2.75, 3.05) is 19.0 Å². The first-order valence-corrected chi connectivity index (χ1v) is 8.48. The van der Waals surface area contributed by atoms with Gasteiger partial charge >= 0.3 is 0 Å². The number of anilines is 1. The number of hydrogen-bond acceptors (Lipinski definition) is 3. The smallest absolute Gasteiger partial charge is 0.243 e. The number of benzene rings is 2. The standard InChI is InChI=1S/C18H20ClN3O2S/c1-12-15(19)4-3-5-16(12)22-17(23)11-21-18(25)20-10-13-6-8-14(24-2)9-7-13/h3-9H,10-11H2,1-2H3,(H,22,23)(H2,20,21,25). The van der Waals surface area contributed by atoms with Gasteiger partial charge < -0.3 is 20.7 Å². The second-order valence-electron chi connectivity index (χ2n) is 5.34. The maximum Gasteiger partial charge on any atom is 0.243 e. The minimum absolute atomic E-state index is 0.0698. The van der Waals surface area contributed by atoms with Gasteiger partial charge in [-0.25, -0.2) is 0 Å². The van der Waals surface area contributed by atoms with Crippen molar-refractivity contribution >= 4 is 40.5 Å². The molecule has 25 heavy (non-hydrogen) atoms. The van der Waals surface area contributed by atoms with Gasteiger partial charge in [-0.2, -0.15) is 0 Å². The number of nitrogens with one attached hydrogen (secondary N) is 3. The lowest BCUT2D eigenvalue weighted by Gasteiger charge is -2.12. The number of thiocarbonyl (C=S) groups is 1. The molecule has 0 heterocycles.